The fourth-order valence-electron chi connectivity index (χ4n) is 4.25. The van der Waals surface area contributed by atoms with E-state index in [1.165, 1.54) is 0 Å². The molecule has 172 valence electrons. The Morgan fingerprint density at radius 2 is 1.79 bits per heavy atom. The van der Waals surface area contributed by atoms with Gasteiger partial charge < -0.3 is 13.9 Å². The van der Waals surface area contributed by atoms with Crippen molar-refractivity contribution in [2.75, 3.05) is 18.6 Å². The molecule has 0 aliphatic carbocycles. The van der Waals surface area contributed by atoms with E-state index < -0.39 is 6.04 Å². The monoisotopic (exact) mass is 519 g/mol. The summed E-state index contributed by atoms with van der Waals surface area (Å²) >= 11 is 3.43. The lowest BCUT2D eigenvalue weighted by Gasteiger charge is -2.25. The molecule has 0 spiro atoms. The number of ether oxygens (including phenoxy) is 2. The normalized spacial score (nSPS) is 15.0. The number of hydrogen-bond donors (Lipinski definition) is 0. The topological polar surface area (TPSA) is 69.0 Å². The van der Waals surface area contributed by atoms with Crippen LogP contribution in [-0.4, -0.2) is 19.6 Å². The van der Waals surface area contributed by atoms with Gasteiger partial charge in [-0.05, 0) is 54.4 Å². The molecule has 0 saturated carbocycles. The number of carbonyl (C=O) groups excluding carboxylic acids is 1. The average Bonchev–Trinajstić information content (AvgIpc) is 3.16. The predicted molar refractivity (Wildman–Crippen MR) is 134 cm³/mol. The summed E-state index contributed by atoms with van der Waals surface area (Å²) in [5.74, 6) is 1.02. The van der Waals surface area contributed by atoms with Gasteiger partial charge in [-0.2, -0.15) is 0 Å². The fraction of sp³-hybridized carbons (Fsp3) is 0.185. The molecule has 6 nitrogen and oxygen atoms in total. The summed E-state index contributed by atoms with van der Waals surface area (Å²) in [5, 5.41) is 0.418. The SMILES string of the molecule is CCCOc1ccc(C2c3c(oc4ccc(Br)cc4c3=O)C(=O)N2c2cccc(OC)c2)cc1. The average molecular weight is 520 g/mol. The van der Waals surface area contributed by atoms with Crippen LogP contribution in [0.4, 0.5) is 5.69 Å². The number of benzene rings is 3. The lowest BCUT2D eigenvalue weighted by atomic mass is 9.98. The molecule has 0 bridgehead atoms. The summed E-state index contributed by atoms with van der Waals surface area (Å²) in [5.41, 5.74) is 1.85. The summed E-state index contributed by atoms with van der Waals surface area (Å²) in [6, 6.07) is 19.2. The van der Waals surface area contributed by atoms with Crippen LogP contribution in [0, 0.1) is 0 Å². The maximum atomic E-state index is 13.7. The molecule has 1 unspecified atom stereocenters. The summed E-state index contributed by atoms with van der Waals surface area (Å²) in [7, 11) is 1.57. The van der Waals surface area contributed by atoms with Crippen molar-refractivity contribution >= 4 is 38.5 Å². The highest BCUT2D eigenvalue weighted by Gasteiger charge is 2.43. The van der Waals surface area contributed by atoms with Crippen LogP contribution in [0.5, 0.6) is 11.5 Å². The highest BCUT2D eigenvalue weighted by Crippen LogP contribution is 2.42. The largest absolute Gasteiger partial charge is 0.497 e. The Kier molecular flexibility index (Phi) is 5.87. The molecule has 0 radical (unpaired) electrons. The molecule has 3 aromatic carbocycles. The number of nitrogens with zero attached hydrogens (tertiary/aromatic N) is 1. The number of methoxy groups -OCH3 is 1. The summed E-state index contributed by atoms with van der Waals surface area (Å²) in [6.45, 7) is 2.66. The first kappa shape index (κ1) is 22.2. The van der Waals surface area contributed by atoms with E-state index in [1.807, 2.05) is 43.3 Å². The molecular formula is C27H22BrNO5. The molecule has 7 heteroatoms. The quantitative estimate of drug-likeness (QED) is 0.307. The third-order valence-corrected chi connectivity index (χ3v) is 6.33. The van der Waals surface area contributed by atoms with Gasteiger partial charge in [0.1, 0.15) is 17.1 Å². The van der Waals surface area contributed by atoms with Gasteiger partial charge in [-0.15, -0.1) is 0 Å². The molecule has 5 rings (SSSR count). The number of fused-ring (bicyclic) bond motifs is 2. The van der Waals surface area contributed by atoms with Crippen molar-refractivity contribution in [3.63, 3.8) is 0 Å². The summed E-state index contributed by atoms with van der Waals surface area (Å²) in [6.07, 6.45) is 0.902. The lowest BCUT2D eigenvalue weighted by Crippen LogP contribution is -2.29. The minimum absolute atomic E-state index is 0.0546. The van der Waals surface area contributed by atoms with Gasteiger partial charge in [-0.25, -0.2) is 0 Å². The van der Waals surface area contributed by atoms with Crippen LogP contribution in [0.3, 0.4) is 0 Å². The van der Waals surface area contributed by atoms with Gasteiger partial charge in [0.2, 0.25) is 5.76 Å². The van der Waals surface area contributed by atoms with Crippen molar-refractivity contribution in [3.8, 4) is 11.5 Å². The third-order valence-electron chi connectivity index (χ3n) is 5.83. The maximum Gasteiger partial charge on any atom is 0.295 e. The van der Waals surface area contributed by atoms with Crippen molar-refractivity contribution in [1.82, 2.24) is 0 Å². The van der Waals surface area contributed by atoms with Gasteiger partial charge in [-0.1, -0.05) is 41.1 Å². The van der Waals surface area contributed by atoms with Crippen LogP contribution >= 0.6 is 15.9 Å². The predicted octanol–water partition coefficient (Wildman–Crippen LogP) is 6.10. The Morgan fingerprint density at radius 1 is 1.00 bits per heavy atom. The third kappa shape index (κ3) is 3.76. The minimum Gasteiger partial charge on any atom is -0.497 e. The van der Waals surface area contributed by atoms with Gasteiger partial charge >= 0.3 is 0 Å². The fourth-order valence-corrected chi connectivity index (χ4v) is 4.61. The van der Waals surface area contributed by atoms with Crippen LogP contribution in [0.25, 0.3) is 11.0 Å². The van der Waals surface area contributed by atoms with Gasteiger partial charge in [0.25, 0.3) is 5.91 Å². The smallest absolute Gasteiger partial charge is 0.295 e. The molecule has 1 aromatic heterocycles. The second kappa shape index (κ2) is 8.99. The Bertz CT molecular complexity index is 1440. The number of hydrogen-bond acceptors (Lipinski definition) is 5. The molecule has 0 fully saturated rings. The number of halogens is 1. The van der Waals surface area contributed by atoms with Gasteiger partial charge in [0.15, 0.2) is 5.43 Å². The first-order chi connectivity index (χ1) is 16.5. The van der Waals surface area contributed by atoms with Crippen LogP contribution < -0.4 is 19.8 Å². The van der Waals surface area contributed by atoms with Crippen LogP contribution in [0.15, 0.2) is 80.4 Å². The molecule has 0 saturated heterocycles. The maximum absolute atomic E-state index is 13.7. The molecule has 1 aliphatic rings. The van der Waals surface area contributed by atoms with Crippen molar-refractivity contribution in [2.24, 2.45) is 0 Å². The summed E-state index contributed by atoms with van der Waals surface area (Å²) < 4.78 is 17.9. The van der Waals surface area contributed by atoms with Crippen LogP contribution in [0.2, 0.25) is 0 Å². The standard InChI is InChI=1S/C27H22BrNO5/c1-3-13-33-19-10-7-16(8-11-19)24-23-25(30)21-14-17(28)9-12-22(21)34-26(23)27(31)29(24)18-5-4-6-20(15-18)32-2/h4-12,14-15,24H,3,13H2,1-2H3. The highest BCUT2D eigenvalue weighted by atomic mass is 79.9. The molecule has 0 N–H and O–H groups in total. The molecule has 1 aliphatic heterocycles. The van der Waals surface area contributed by atoms with Crippen LogP contribution in [-0.2, 0) is 0 Å². The van der Waals surface area contributed by atoms with Crippen molar-refractivity contribution < 1.29 is 18.7 Å². The van der Waals surface area contributed by atoms with E-state index in [1.54, 1.807) is 42.3 Å². The van der Waals surface area contributed by atoms with E-state index in [0.717, 1.165) is 22.2 Å². The second-order valence-corrected chi connectivity index (χ2v) is 8.93. The molecule has 34 heavy (non-hydrogen) atoms. The van der Waals surface area contributed by atoms with E-state index in [2.05, 4.69) is 15.9 Å². The highest BCUT2D eigenvalue weighted by molar-refractivity contribution is 9.10. The van der Waals surface area contributed by atoms with Crippen molar-refractivity contribution in [2.45, 2.75) is 19.4 Å². The van der Waals surface area contributed by atoms with E-state index in [0.29, 0.717) is 34.6 Å². The Hall–Kier alpha value is -3.58. The zero-order chi connectivity index (χ0) is 23.8. The summed E-state index contributed by atoms with van der Waals surface area (Å²) in [4.78, 5) is 29.0. The molecule has 2 heterocycles. The first-order valence-electron chi connectivity index (χ1n) is 11.0. The second-order valence-electron chi connectivity index (χ2n) is 8.01. The number of amides is 1. The number of carbonyl (C=O) groups is 1. The Morgan fingerprint density at radius 3 is 2.53 bits per heavy atom. The van der Waals surface area contributed by atoms with E-state index in [4.69, 9.17) is 13.9 Å². The van der Waals surface area contributed by atoms with E-state index in [9.17, 15) is 9.59 Å². The van der Waals surface area contributed by atoms with Gasteiger partial charge in [0.05, 0.1) is 30.7 Å². The Balaban J connectivity index is 1.72. The van der Waals surface area contributed by atoms with E-state index >= 15 is 0 Å². The van der Waals surface area contributed by atoms with Gasteiger partial charge in [-0.3, -0.25) is 14.5 Å². The van der Waals surface area contributed by atoms with E-state index in [-0.39, 0.29) is 17.1 Å². The number of anilines is 1. The molecular weight excluding hydrogens is 498 g/mol. The van der Waals surface area contributed by atoms with Crippen LogP contribution in [0.1, 0.15) is 41.1 Å². The zero-order valence-electron chi connectivity index (χ0n) is 18.7. The van der Waals surface area contributed by atoms with Crippen molar-refractivity contribution in [3.05, 3.63) is 98.3 Å². The molecule has 1 atom stereocenters. The van der Waals surface area contributed by atoms with Crippen molar-refractivity contribution in [1.29, 1.82) is 0 Å². The lowest BCUT2D eigenvalue weighted by molar-refractivity contribution is 0.0971. The first-order valence-corrected chi connectivity index (χ1v) is 11.8. The van der Waals surface area contributed by atoms with Gasteiger partial charge in [0, 0.05) is 16.2 Å². The Labute approximate surface area is 204 Å². The zero-order valence-corrected chi connectivity index (χ0v) is 20.3. The minimum atomic E-state index is -0.658. The number of rotatable bonds is 6. The molecule has 4 aromatic rings. The molecule has 1 amide bonds.